The third kappa shape index (κ3) is 3.61. The van der Waals surface area contributed by atoms with E-state index in [2.05, 4.69) is 17.6 Å². The van der Waals surface area contributed by atoms with Crippen LogP contribution in [0.4, 0.5) is 0 Å². The van der Waals surface area contributed by atoms with Gasteiger partial charge in [0.05, 0.1) is 0 Å². The second-order valence-electron chi connectivity index (χ2n) is 5.74. The van der Waals surface area contributed by atoms with Gasteiger partial charge >= 0.3 is 0 Å². The summed E-state index contributed by atoms with van der Waals surface area (Å²) in [5.41, 5.74) is 0.00478. The Balaban J connectivity index is 0.00000162. The van der Waals surface area contributed by atoms with Crippen LogP contribution in [0.5, 0.6) is 0 Å². The standard InChI is InChI=1S/C14H26N2O.ClH/c1-2-14(7-4-8-14)13(17)16-10-6-12-5-3-9-15-11-12;/h12,15H,2-11H2,1H3,(H,16,17);1H. The number of rotatable bonds is 5. The molecular weight excluding hydrogens is 248 g/mol. The normalized spacial score (nSPS) is 25.7. The lowest BCUT2D eigenvalue weighted by Gasteiger charge is -2.39. The van der Waals surface area contributed by atoms with E-state index in [-0.39, 0.29) is 17.8 Å². The zero-order chi connectivity index (χ0) is 12.1. The highest BCUT2D eigenvalue weighted by Crippen LogP contribution is 2.43. The van der Waals surface area contributed by atoms with E-state index in [4.69, 9.17) is 0 Å². The maximum absolute atomic E-state index is 12.1. The Morgan fingerprint density at radius 3 is 2.67 bits per heavy atom. The van der Waals surface area contributed by atoms with Crippen LogP contribution < -0.4 is 10.6 Å². The molecule has 1 amide bonds. The molecule has 2 aliphatic rings. The van der Waals surface area contributed by atoms with Crippen molar-refractivity contribution in [1.82, 2.24) is 10.6 Å². The van der Waals surface area contributed by atoms with Gasteiger partial charge in [-0.05, 0) is 57.5 Å². The van der Waals surface area contributed by atoms with Crippen molar-refractivity contribution < 1.29 is 4.79 Å². The monoisotopic (exact) mass is 274 g/mol. The van der Waals surface area contributed by atoms with E-state index in [9.17, 15) is 4.79 Å². The summed E-state index contributed by atoms with van der Waals surface area (Å²) in [4.78, 5) is 12.1. The average Bonchev–Trinajstić information content (AvgIpc) is 2.30. The van der Waals surface area contributed by atoms with Gasteiger partial charge in [0.15, 0.2) is 0 Å². The summed E-state index contributed by atoms with van der Waals surface area (Å²) in [5, 5.41) is 6.58. The molecule has 0 aromatic heterocycles. The van der Waals surface area contributed by atoms with Gasteiger partial charge in [-0.15, -0.1) is 12.4 Å². The van der Waals surface area contributed by atoms with Crippen molar-refractivity contribution in [1.29, 1.82) is 0 Å². The van der Waals surface area contributed by atoms with Crippen LogP contribution in [-0.2, 0) is 4.79 Å². The first-order valence-electron chi connectivity index (χ1n) is 7.26. The minimum atomic E-state index is 0. The Labute approximate surface area is 117 Å². The van der Waals surface area contributed by atoms with Gasteiger partial charge in [-0.3, -0.25) is 4.79 Å². The SMILES string of the molecule is CCC1(C(=O)NCCC2CCCNC2)CCC1.Cl. The quantitative estimate of drug-likeness (QED) is 0.809. The van der Waals surface area contributed by atoms with Gasteiger partial charge in [0, 0.05) is 12.0 Å². The molecule has 1 unspecified atom stereocenters. The molecule has 0 aromatic carbocycles. The Morgan fingerprint density at radius 2 is 2.17 bits per heavy atom. The number of amides is 1. The van der Waals surface area contributed by atoms with Crippen LogP contribution in [0.15, 0.2) is 0 Å². The smallest absolute Gasteiger partial charge is 0.226 e. The molecule has 3 nitrogen and oxygen atoms in total. The molecule has 1 saturated carbocycles. The van der Waals surface area contributed by atoms with E-state index >= 15 is 0 Å². The fourth-order valence-electron chi connectivity index (χ4n) is 3.09. The molecule has 106 valence electrons. The minimum Gasteiger partial charge on any atom is -0.356 e. The van der Waals surface area contributed by atoms with Crippen molar-refractivity contribution in [3.05, 3.63) is 0 Å². The van der Waals surface area contributed by atoms with Gasteiger partial charge in [0.2, 0.25) is 5.91 Å². The summed E-state index contributed by atoms with van der Waals surface area (Å²) in [6.45, 7) is 5.31. The average molecular weight is 275 g/mol. The lowest BCUT2D eigenvalue weighted by molar-refractivity contribution is -0.136. The van der Waals surface area contributed by atoms with Gasteiger partial charge in [0.25, 0.3) is 0 Å². The highest BCUT2D eigenvalue weighted by atomic mass is 35.5. The Kier molecular flexibility index (Phi) is 6.44. The van der Waals surface area contributed by atoms with E-state index in [1.807, 2.05) is 0 Å². The highest BCUT2D eigenvalue weighted by Gasteiger charge is 2.41. The number of piperidine rings is 1. The highest BCUT2D eigenvalue weighted by molar-refractivity contribution is 5.85. The fourth-order valence-corrected chi connectivity index (χ4v) is 3.09. The third-order valence-corrected chi connectivity index (χ3v) is 4.71. The molecule has 2 fully saturated rings. The van der Waals surface area contributed by atoms with E-state index in [0.717, 1.165) is 44.7 Å². The zero-order valence-electron chi connectivity index (χ0n) is 11.5. The second-order valence-corrected chi connectivity index (χ2v) is 5.74. The first kappa shape index (κ1) is 15.8. The van der Waals surface area contributed by atoms with Crippen LogP contribution in [0.1, 0.15) is 51.9 Å². The number of halogens is 1. The summed E-state index contributed by atoms with van der Waals surface area (Å²) >= 11 is 0. The summed E-state index contributed by atoms with van der Waals surface area (Å²) < 4.78 is 0. The Hall–Kier alpha value is -0.280. The van der Waals surface area contributed by atoms with Crippen molar-refractivity contribution in [3.63, 3.8) is 0 Å². The predicted molar refractivity (Wildman–Crippen MR) is 77.0 cm³/mol. The fraction of sp³-hybridized carbons (Fsp3) is 0.929. The molecule has 4 heteroatoms. The minimum absolute atomic E-state index is 0. The number of hydrogen-bond acceptors (Lipinski definition) is 2. The van der Waals surface area contributed by atoms with E-state index in [1.165, 1.54) is 25.8 Å². The number of carbonyl (C=O) groups is 1. The summed E-state index contributed by atoms with van der Waals surface area (Å²) in [6, 6.07) is 0. The van der Waals surface area contributed by atoms with Crippen molar-refractivity contribution >= 4 is 18.3 Å². The number of carbonyl (C=O) groups excluding carboxylic acids is 1. The predicted octanol–water partition coefficient (Wildman–Crippen LogP) is 2.49. The van der Waals surface area contributed by atoms with Crippen molar-refractivity contribution in [3.8, 4) is 0 Å². The first-order valence-corrected chi connectivity index (χ1v) is 7.26. The lowest BCUT2D eigenvalue weighted by Crippen LogP contribution is -2.46. The molecule has 1 heterocycles. The molecule has 0 spiro atoms. The largest absolute Gasteiger partial charge is 0.356 e. The maximum Gasteiger partial charge on any atom is 0.226 e. The van der Waals surface area contributed by atoms with Crippen LogP contribution in [0.2, 0.25) is 0 Å². The molecule has 2 rings (SSSR count). The number of nitrogens with one attached hydrogen (secondary N) is 2. The summed E-state index contributed by atoms with van der Waals surface area (Å²) in [5.74, 6) is 1.08. The zero-order valence-corrected chi connectivity index (χ0v) is 12.3. The summed E-state index contributed by atoms with van der Waals surface area (Å²) in [7, 11) is 0. The van der Waals surface area contributed by atoms with Gasteiger partial charge < -0.3 is 10.6 Å². The lowest BCUT2D eigenvalue weighted by atomic mass is 9.66. The van der Waals surface area contributed by atoms with E-state index in [1.54, 1.807) is 0 Å². The Morgan fingerprint density at radius 1 is 1.39 bits per heavy atom. The molecule has 1 saturated heterocycles. The number of hydrogen-bond donors (Lipinski definition) is 2. The summed E-state index contributed by atoms with van der Waals surface area (Å²) in [6.07, 6.45) is 8.18. The Bertz CT molecular complexity index is 255. The van der Waals surface area contributed by atoms with Crippen LogP contribution in [0.25, 0.3) is 0 Å². The van der Waals surface area contributed by atoms with Gasteiger partial charge in [0.1, 0.15) is 0 Å². The van der Waals surface area contributed by atoms with Crippen molar-refractivity contribution in [2.24, 2.45) is 11.3 Å². The molecule has 1 aliphatic carbocycles. The maximum atomic E-state index is 12.1. The van der Waals surface area contributed by atoms with Crippen LogP contribution in [-0.4, -0.2) is 25.5 Å². The second kappa shape index (κ2) is 7.34. The van der Waals surface area contributed by atoms with E-state index < -0.39 is 0 Å². The molecule has 18 heavy (non-hydrogen) atoms. The molecule has 0 bridgehead atoms. The third-order valence-electron chi connectivity index (χ3n) is 4.71. The molecule has 2 N–H and O–H groups in total. The van der Waals surface area contributed by atoms with Crippen molar-refractivity contribution in [2.45, 2.75) is 51.9 Å². The van der Waals surface area contributed by atoms with Crippen LogP contribution in [0.3, 0.4) is 0 Å². The molecular formula is C14H27ClN2O. The van der Waals surface area contributed by atoms with E-state index in [0.29, 0.717) is 5.91 Å². The van der Waals surface area contributed by atoms with Crippen molar-refractivity contribution in [2.75, 3.05) is 19.6 Å². The molecule has 0 radical (unpaired) electrons. The molecule has 0 aromatic rings. The topological polar surface area (TPSA) is 41.1 Å². The van der Waals surface area contributed by atoms with Gasteiger partial charge in [-0.1, -0.05) is 13.3 Å². The first-order chi connectivity index (χ1) is 8.27. The van der Waals surface area contributed by atoms with Gasteiger partial charge in [-0.25, -0.2) is 0 Å². The van der Waals surface area contributed by atoms with Crippen LogP contribution >= 0.6 is 12.4 Å². The van der Waals surface area contributed by atoms with Gasteiger partial charge in [-0.2, -0.15) is 0 Å². The van der Waals surface area contributed by atoms with Crippen LogP contribution in [0, 0.1) is 11.3 Å². The molecule has 1 atom stereocenters. The molecule has 1 aliphatic heterocycles.